The number of benzene rings is 1. The molecule has 0 aliphatic heterocycles. The lowest BCUT2D eigenvalue weighted by Crippen LogP contribution is -1.92. The molecule has 150 valence electrons. The summed E-state index contributed by atoms with van der Waals surface area (Å²) in [6.07, 6.45) is 7.83. The lowest BCUT2D eigenvalue weighted by Gasteiger charge is -2.00. The number of nitrogens with two attached hydrogens (primary N) is 1. The third-order valence-electron chi connectivity index (χ3n) is 3.58. The van der Waals surface area contributed by atoms with Crippen LogP contribution in [0.4, 0.5) is 10.1 Å². The SMILES string of the molecule is CC(=O)CCCCCC=O.CCc1ccc(F)cc1N.Cc1cnc(C)s1. The number of unbranched alkanes of at least 4 members (excludes halogenated alkanes) is 3. The molecule has 6 heteroatoms. The van der Waals surface area contributed by atoms with E-state index in [2.05, 4.69) is 11.9 Å². The predicted molar refractivity (Wildman–Crippen MR) is 112 cm³/mol. The Morgan fingerprint density at radius 1 is 1.26 bits per heavy atom. The van der Waals surface area contributed by atoms with Gasteiger partial charge in [-0.3, -0.25) is 0 Å². The molecule has 4 nitrogen and oxygen atoms in total. The fourth-order valence-electron chi connectivity index (χ4n) is 2.13. The number of aromatic nitrogens is 1. The van der Waals surface area contributed by atoms with E-state index in [4.69, 9.17) is 5.73 Å². The van der Waals surface area contributed by atoms with Crippen molar-refractivity contribution in [2.24, 2.45) is 0 Å². The molecule has 0 saturated heterocycles. The third kappa shape index (κ3) is 13.7. The summed E-state index contributed by atoms with van der Waals surface area (Å²) in [7, 11) is 0. The molecule has 2 N–H and O–H groups in total. The molecule has 0 unspecified atom stereocenters. The second-order valence-electron chi connectivity index (χ2n) is 6.15. The Morgan fingerprint density at radius 3 is 2.37 bits per heavy atom. The number of carbonyl (C=O) groups excluding carboxylic acids is 2. The molecule has 1 heterocycles. The van der Waals surface area contributed by atoms with Crippen molar-refractivity contribution in [1.82, 2.24) is 4.98 Å². The van der Waals surface area contributed by atoms with Crippen molar-refractivity contribution in [2.45, 2.75) is 66.2 Å². The Kier molecular flexibility index (Phi) is 13.9. The number of aryl methyl sites for hydroxylation is 3. The molecule has 0 bridgehead atoms. The van der Waals surface area contributed by atoms with Gasteiger partial charge in [-0.25, -0.2) is 9.37 Å². The second kappa shape index (κ2) is 15.0. The van der Waals surface area contributed by atoms with Crippen LogP contribution in [0.25, 0.3) is 0 Å². The number of carbonyl (C=O) groups is 2. The summed E-state index contributed by atoms with van der Waals surface area (Å²) in [6.45, 7) is 7.66. The van der Waals surface area contributed by atoms with Gasteiger partial charge in [-0.15, -0.1) is 11.3 Å². The quantitative estimate of drug-likeness (QED) is 0.385. The number of ketones is 1. The minimum absolute atomic E-state index is 0.242. The highest BCUT2D eigenvalue weighted by atomic mass is 32.1. The number of nitrogens with zero attached hydrogens (tertiary/aromatic N) is 1. The van der Waals surface area contributed by atoms with Gasteiger partial charge >= 0.3 is 0 Å². The van der Waals surface area contributed by atoms with Gasteiger partial charge in [0.05, 0.1) is 5.01 Å². The number of halogens is 1. The van der Waals surface area contributed by atoms with Crippen LogP contribution in [0.2, 0.25) is 0 Å². The standard InChI is InChI=1S/C8H10FN.C8H14O2.C5H7NS/c1-2-6-3-4-7(9)5-8(6)10;1-8(10)6-4-2-3-5-7-9;1-4-3-6-5(2)7-4/h3-5H,2,10H2,1H3;7H,2-6H2,1H3;3H,1-2H3. The van der Waals surface area contributed by atoms with Crippen molar-refractivity contribution >= 4 is 29.1 Å². The molecule has 0 fully saturated rings. The van der Waals surface area contributed by atoms with Gasteiger partial charge in [0.1, 0.15) is 17.9 Å². The number of aldehydes is 1. The van der Waals surface area contributed by atoms with Gasteiger partial charge in [-0.2, -0.15) is 0 Å². The van der Waals surface area contributed by atoms with Crippen molar-refractivity contribution in [2.75, 3.05) is 5.73 Å². The molecule has 0 radical (unpaired) electrons. The highest BCUT2D eigenvalue weighted by molar-refractivity contribution is 7.11. The zero-order valence-corrected chi connectivity index (χ0v) is 17.6. The van der Waals surface area contributed by atoms with E-state index in [1.807, 2.05) is 20.0 Å². The summed E-state index contributed by atoms with van der Waals surface area (Å²) in [5.41, 5.74) is 7.04. The summed E-state index contributed by atoms with van der Waals surface area (Å²) in [4.78, 5) is 25.6. The van der Waals surface area contributed by atoms with E-state index in [-0.39, 0.29) is 11.6 Å². The largest absolute Gasteiger partial charge is 0.398 e. The number of thiazole rings is 1. The van der Waals surface area contributed by atoms with E-state index in [0.717, 1.165) is 42.5 Å². The van der Waals surface area contributed by atoms with Crippen molar-refractivity contribution in [1.29, 1.82) is 0 Å². The fourth-order valence-corrected chi connectivity index (χ4v) is 2.81. The van der Waals surface area contributed by atoms with Gasteiger partial charge in [-0.05, 0) is 57.7 Å². The highest BCUT2D eigenvalue weighted by Gasteiger charge is 1.96. The molecule has 0 spiro atoms. The maximum atomic E-state index is 12.4. The van der Waals surface area contributed by atoms with Crippen LogP contribution in [-0.2, 0) is 16.0 Å². The molecule has 2 rings (SSSR count). The molecule has 2 aromatic rings. The molecule has 0 atom stereocenters. The first-order valence-electron chi connectivity index (χ1n) is 9.16. The van der Waals surface area contributed by atoms with Gasteiger partial charge < -0.3 is 15.3 Å². The van der Waals surface area contributed by atoms with Crippen LogP contribution < -0.4 is 5.73 Å². The van der Waals surface area contributed by atoms with E-state index in [0.29, 0.717) is 18.5 Å². The molecule has 0 saturated carbocycles. The molecular formula is C21H31FN2O2S. The molecule has 1 aromatic heterocycles. The number of nitrogen functional groups attached to an aromatic ring is 1. The number of rotatable bonds is 7. The van der Waals surface area contributed by atoms with Gasteiger partial charge in [0.2, 0.25) is 0 Å². The van der Waals surface area contributed by atoms with E-state index in [1.54, 1.807) is 24.3 Å². The van der Waals surface area contributed by atoms with E-state index in [1.165, 1.54) is 17.0 Å². The van der Waals surface area contributed by atoms with Crippen LogP contribution in [0.3, 0.4) is 0 Å². The van der Waals surface area contributed by atoms with E-state index in [9.17, 15) is 14.0 Å². The van der Waals surface area contributed by atoms with Crippen molar-refractivity contribution in [3.05, 3.63) is 45.7 Å². The molecule has 0 aliphatic rings. The summed E-state index contributed by atoms with van der Waals surface area (Å²) < 4.78 is 12.4. The van der Waals surface area contributed by atoms with Crippen molar-refractivity contribution < 1.29 is 14.0 Å². The second-order valence-corrected chi connectivity index (χ2v) is 7.59. The fraction of sp³-hybridized carbons (Fsp3) is 0.476. The Labute approximate surface area is 166 Å². The maximum absolute atomic E-state index is 12.4. The van der Waals surface area contributed by atoms with Crippen LogP contribution in [-0.4, -0.2) is 17.1 Å². The number of Topliss-reactive ketones (excluding diaryl/α,β-unsaturated/α-hetero) is 1. The summed E-state index contributed by atoms with van der Waals surface area (Å²) in [5, 5.41) is 1.15. The number of anilines is 1. The topological polar surface area (TPSA) is 73.0 Å². The minimum Gasteiger partial charge on any atom is -0.398 e. The molecule has 0 aliphatic carbocycles. The Bertz CT molecular complexity index is 670. The van der Waals surface area contributed by atoms with E-state index >= 15 is 0 Å². The van der Waals surface area contributed by atoms with Crippen molar-refractivity contribution in [3.63, 3.8) is 0 Å². The normalized spacial score (nSPS) is 9.52. The maximum Gasteiger partial charge on any atom is 0.129 e. The summed E-state index contributed by atoms with van der Waals surface area (Å²) >= 11 is 1.73. The zero-order valence-electron chi connectivity index (χ0n) is 16.8. The van der Waals surface area contributed by atoms with Crippen LogP contribution in [0.5, 0.6) is 0 Å². The third-order valence-corrected chi connectivity index (χ3v) is 4.40. The van der Waals surface area contributed by atoms with Crippen LogP contribution in [0.1, 0.15) is 61.4 Å². The van der Waals surface area contributed by atoms with Gasteiger partial charge in [0, 0.05) is 29.6 Å². The molecule has 1 aromatic carbocycles. The lowest BCUT2D eigenvalue weighted by molar-refractivity contribution is -0.117. The highest BCUT2D eigenvalue weighted by Crippen LogP contribution is 2.13. The first-order valence-corrected chi connectivity index (χ1v) is 9.97. The molecular weight excluding hydrogens is 363 g/mol. The van der Waals surface area contributed by atoms with Gasteiger partial charge in [-0.1, -0.05) is 19.4 Å². The van der Waals surface area contributed by atoms with E-state index < -0.39 is 0 Å². The Balaban J connectivity index is 0.000000382. The Hall–Kier alpha value is -2.08. The number of hydrogen-bond donors (Lipinski definition) is 1. The summed E-state index contributed by atoms with van der Waals surface area (Å²) in [5.74, 6) is -0.0270. The van der Waals surface area contributed by atoms with Crippen LogP contribution in [0, 0.1) is 19.7 Å². The summed E-state index contributed by atoms with van der Waals surface area (Å²) in [6, 6.07) is 4.48. The monoisotopic (exact) mass is 394 g/mol. The molecule has 27 heavy (non-hydrogen) atoms. The van der Waals surface area contributed by atoms with Crippen LogP contribution >= 0.6 is 11.3 Å². The molecule has 0 amide bonds. The average Bonchev–Trinajstić information content (AvgIpc) is 2.99. The predicted octanol–water partition coefficient (Wildman–Crippen LogP) is 5.46. The first kappa shape index (κ1) is 24.9. The average molecular weight is 395 g/mol. The Morgan fingerprint density at radius 2 is 1.96 bits per heavy atom. The smallest absolute Gasteiger partial charge is 0.129 e. The van der Waals surface area contributed by atoms with Gasteiger partial charge in [0.25, 0.3) is 0 Å². The first-order chi connectivity index (χ1) is 12.8. The van der Waals surface area contributed by atoms with Crippen molar-refractivity contribution in [3.8, 4) is 0 Å². The lowest BCUT2D eigenvalue weighted by atomic mass is 10.1. The minimum atomic E-state index is -0.269. The number of hydrogen-bond acceptors (Lipinski definition) is 5. The zero-order chi connectivity index (χ0) is 20.7. The van der Waals surface area contributed by atoms with Crippen LogP contribution in [0.15, 0.2) is 24.4 Å². The van der Waals surface area contributed by atoms with Gasteiger partial charge in [0.15, 0.2) is 0 Å².